The van der Waals surface area contributed by atoms with Gasteiger partial charge >= 0.3 is 0 Å². The average Bonchev–Trinajstić information content (AvgIpc) is 3.13. The Hall–Kier alpha value is -2.11. The summed E-state index contributed by atoms with van der Waals surface area (Å²) in [7, 11) is 0. The van der Waals surface area contributed by atoms with Crippen LogP contribution in [0.25, 0.3) is 0 Å². The van der Waals surface area contributed by atoms with Crippen molar-refractivity contribution in [3.05, 3.63) is 115 Å². The predicted octanol–water partition coefficient (Wildman–Crippen LogP) is 6.81. The number of halogens is 3. The van der Waals surface area contributed by atoms with Crippen LogP contribution in [-0.2, 0) is 5.41 Å². The Labute approximate surface area is 182 Å². The normalized spacial score (nSPS) is 11.5. The average molecular weight is 447 g/mol. The third-order valence-corrected chi connectivity index (χ3v) is 5.64. The highest BCUT2D eigenvalue weighted by Crippen LogP contribution is 2.44. The first kappa shape index (κ1) is 19.2. The Morgan fingerprint density at radius 3 is 1.25 bits per heavy atom. The molecule has 0 fully saturated rings. The minimum atomic E-state index is -0.771. The molecule has 0 amide bonds. The van der Waals surface area contributed by atoms with E-state index in [2.05, 4.69) is 15.2 Å². The van der Waals surface area contributed by atoms with Gasteiger partial charge in [0.1, 0.15) is 11.2 Å². The Kier molecular flexibility index (Phi) is 5.30. The topological polar surface area (TPSA) is 44.5 Å². The lowest BCUT2D eigenvalue weighted by molar-refractivity contribution is 0.684. The minimum absolute atomic E-state index is 0.372. The van der Waals surface area contributed by atoms with Gasteiger partial charge in [0, 0.05) is 15.1 Å². The molecule has 0 bridgehead atoms. The molecule has 0 spiro atoms. The van der Waals surface area contributed by atoms with Crippen molar-refractivity contribution in [1.82, 2.24) is 15.2 Å². The van der Waals surface area contributed by atoms with Crippen LogP contribution in [0.4, 0.5) is 0 Å². The summed E-state index contributed by atoms with van der Waals surface area (Å²) in [6.45, 7) is 0. The Morgan fingerprint density at radius 1 is 0.607 bits per heavy atom. The highest BCUT2D eigenvalue weighted by molar-refractivity contribution is 7.71. The van der Waals surface area contributed by atoms with Crippen molar-refractivity contribution in [2.45, 2.75) is 5.41 Å². The lowest BCUT2D eigenvalue weighted by atomic mass is 9.69. The second-order valence-electron chi connectivity index (χ2n) is 6.29. The molecule has 4 rings (SSSR count). The van der Waals surface area contributed by atoms with E-state index < -0.39 is 5.41 Å². The van der Waals surface area contributed by atoms with Crippen molar-refractivity contribution in [2.75, 3.05) is 0 Å². The van der Waals surface area contributed by atoms with Crippen LogP contribution in [0.15, 0.2) is 72.8 Å². The Morgan fingerprint density at radius 2 is 0.964 bits per heavy atom. The van der Waals surface area contributed by atoms with Gasteiger partial charge in [-0.3, -0.25) is 10.2 Å². The maximum absolute atomic E-state index is 6.16. The largest absolute Gasteiger partial charge is 0.284 e. The van der Waals surface area contributed by atoms with Crippen LogP contribution in [0, 0.1) is 4.77 Å². The highest BCUT2D eigenvalue weighted by Gasteiger charge is 2.41. The molecule has 0 saturated heterocycles. The van der Waals surface area contributed by atoms with Gasteiger partial charge in [-0.05, 0) is 65.3 Å². The highest BCUT2D eigenvalue weighted by atomic mass is 35.5. The zero-order chi connectivity index (χ0) is 19.7. The van der Waals surface area contributed by atoms with Crippen LogP contribution >= 0.6 is 47.0 Å². The summed E-state index contributed by atoms with van der Waals surface area (Å²) in [6.07, 6.45) is 0. The summed E-state index contributed by atoms with van der Waals surface area (Å²) in [4.78, 5) is 4.58. The van der Waals surface area contributed by atoms with Gasteiger partial charge in [-0.1, -0.05) is 71.2 Å². The van der Waals surface area contributed by atoms with Crippen molar-refractivity contribution in [1.29, 1.82) is 0 Å². The molecule has 0 aliphatic heterocycles. The predicted molar refractivity (Wildman–Crippen MR) is 117 cm³/mol. The smallest absolute Gasteiger partial charge is 0.213 e. The van der Waals surface area contributed by atoms with Gasteiger partial charge < -0.3 is 0 Å². The molecule has 0 saturated carbocycles. The summed E-state index contributed by atoms with van der Waals surface area (Å²) >= 11 is 23.7. The number of benzene rings is 3. The van der Waals surface area contributed by atoms with E-state index >= 15 is 0 Å². The molecule has 2 N–H and O–H groups in total. The summed E-state index contributed by atoms with van der Waals surface area (Å²) in [5.74, 6) is 0.657. The fraction of sp³-hybridized carbons (Fsp3) is 0.0476. The van der Waals surface area contributed by atoms with Crippen molar-refractivity contribution in [3.63, 3.8) is 0 Å². The number of H-pyrrole nitrogens is 2. The number of hydrogen-bond acceptors (Lipinski definition) is 2. The van der Waals surface area contributed by atoms with Gasteiger partial charge in [0.05, 0.1) is 0 Å². The number of rotatable bonds is 4. The number of aromatic nitrogens is 3. The van der Waals surface area contributed by atoms with Crippen molar-refractivity contribution >= 4 is 47.0 Å². The Balaban J connectivity index is 2.12. The molecule has 7 heteroatoms. The van der Waals surface area contributed by atoms with Crippen LogP contribution in [-0.4, -0.2) is 15.2 Å². The molecule has 3 aromatic carbocycles. The monoisotopic (exact) mass is 445 g/mol. The SMILES string of the molecule is S=c1nc(C(c2ccc(Cl)cc2)(c2ccc(Cl)cc2)c2ccc(Cl)cc2)[nH][nH]1. The lowest BCUT2D eigenvalue weighted by Gasteiger charge is -2.34. The van der Waals surface area contributed by atoms with Gasteiger partial charge in [-0.2, -0.15) is 0 Å². The van der Waals surface area contributed by atoms with Gasteiger partial charge in [-0.25, -0.2) is 4.98 Å². The third kappa shape index (κ3) is 3.38. The lowest BCUT2D eigenvalue weighted by Crippen LogP contribution is -2.32. The number of hydrogen-bond donors (Lipinski definition) is 2. The van der Waals surface area contributed by atoms with Gasteiger partial charge in [-0.15, -0.1) is 0 Å². The van der Waals surface area contributed by atoms with E-state index in [1.165, 1.54) is 0 Å². The maximum atomic E-state index is 6.16. The zero-order valence-electron chi connectivity index (χ0n) is 14.4. The quantitative estimate of drug-likeness (QED) is 0.267. The standard InChI is InChI=1S/C21H14Cl3N3S/c22-16-7-1-13(2-8-16)21(19-25-20(28)27-26-19,14-3-9-17(23)10-4-14)15-5-11-18(24)12-6-15/h1-12H,(H2,25,26,27,28). The molecule has 4 aromatic rings. The molecule has 0 atom stereocenters. The molecular weight excluding hydrogens is 433 g/mol. The zero-order valence-corrected chi connectivity index (χ0v) is 17.5. The first-order chi connectivity index (χ1) is 13.5. The fourth-order valence-corrected chi connectivity index (χ4v) is 3.98. The molecular formula is C21H14Cl3N3S. The van der Waals surface area contributed by atoms with Gasteiger partial charge in [0.2, 0.25) is 4.77 Å². The van der Waals surface area contributed by atoms with Crippen LogP contribution < -0.4 is 0 Å². The van der Waals surface area contributed by atoms with E-state index in [4.69, 9.17) is 47.0 Å². The molecule has 28 heavy (non-hydrogen) atoms. The van der Waals surface area contributed by atoms with Gasteiger partial charge in [0.15, 0.2) is 0 Å². The molecule has 140 valence electrons. The van der Waals surface area contributed by atoms with Crippen molar-refractivity contribution < 1.29 is 0 Å². The van der Waals surface area contributed by atoms with E-state index in [1.807, 2.05) is 72.8 Å². The Bertz CT molecular complexity index is 1040. The molecule has 0 unspecified atom stereocenters. The summed E-state index contributed by atoms with van der Waals surface area (Å²) in [5.41, 5.74) is 2.14. The number of aromatic amines is 2. The summed E-state index contributed by atoms with van der Waals surface area (Å²) < 4.78 is 0.372. The molecule has 1 aromatic heterocycles. The van der Waals surface area contributed by atoms with Gasteiger partial charge in [0.25, 0.3) is 0 Å². The van der Waals surface area contributed by atoms with Crippen LogP contribution in [0.1, 0.15) is 22.5 Å². The van der Waals surface area contributed by atoms with Crippen molar-refractivity contribution in [2.24, 2.45) is 0 Å². The minimum Gasteiger partial charge on any atom is -0.284 e. The molecule has 1 heterocycles. The van der Waals surface area contributed by atoms with Crippen LogP contribution in [0.2, 0.25) is 15.1 Å². The van der Waals surface area contributed by atoms with E-state index in [0.717, 1.165) is 16.7 Å². The van der Waals surface area contributed by atoms with E-state index in [-0.39, 0.29) is 0 Å². The van der Waals surface area contributed by atoms with Crippen LogP contribution in [0.3, 0.4) is 0 Å². The summed E-state index contributed by atoms with van der Waals surface area (Å²) in [5, 5.41) is 8.02. The second kappa shape index (κ2) is 7.72. The number of nitrogens with one attached hydrogen (secondary N) is 2. The molecule has 3 nitrogen and oxygen atoms in total. The molecule has 0 aliphatic carbocycles. The fourth-order valence-electron chi connectivity index (χ4n) is 3.46. The van der Waals surface area contributed by atoms with Crippen molar-refractivity contribution in [3.8, 4) is 0 Å². The van der Waals surface area contributed by atoms with E-state index in [1.54, 1.807) is 0 Å². The second-order valence-corrected chi connectivity index (χ2v) is 7.98. The third-order valence-electron chi connectivity index (χ3n) is 4.69. The first-order valence-corrected chi connectivity index (χ1v) is 9.97. The first-order valence-electron chi connectivity index (χ1n) is 8.43. The van der Waals surface area contributed by atoms with Crippen LogP contribution in [0.5, 0.6) is 0 Å². The van der Waals surface area contributed by atoms with E-state index in [0.29, 0.717) is 25.7 Å². The summed E-state index contributed by atoms with van der Waals surface area (Å²) in [6, 6.07) is 23.1. The van der Waals surface area contributed by atoms with E-state index in [9.17, 15) is 0 Å². The maximum Gasteiger partial charge on any atom is 0.213 e. The molecule has 0 aliphatic rings. The number of nitrogens with zero attached hydrogens (tertiary/aromatic N) is 1. The molecule has 0 radical (unpaired) electrons.